The van der Waals surface area contributed by atoms with Crippen molar-refractivity contribution < 1.29 is 32.3 Å². The van der Waals surface area contributed by atoms with E-state index >= 15 is 0 Å². The van der Waals surface area contributed by atoms with Gasteiger partial charge in [-0.3, -0.25) is 14.4 Å². The molecule has 4 atom stereocenters. The second-order valence-electron chi connectivity index (χ2n) is 12.1. The Bertz CT molecular complexity index is 1360. The van der Waals surface area contributed by atoms with Crippen LogP contribution in [-0.4, -0.2) is 66.9 Å². The molecule has 0 bridgehead atoms. The molecule has 42 heavy (non-hydrogen) atoms. The van der Waals surface area contributed by atoms with Gasteiger partial charge in [-0.25, -0.2) is 17.9 Å². The molecule has 2 heterocycles. The van der Waals surface area contributed by atoms with Crippen LogP contribution >= 0.6 is 15.9 Å². The van der Waals surface area contributed by atoms with Crippen LogP contribution in [0.5, 0.6) is 0 Å². The zero-order valence-corrected chi connectivity index (χ0v) is 26.6. The molecule has 0 unspecified atom stereocenters. The number of carbonyl (C=O) groups excluding carboxylic acids is 4. The lowest BCUT2D eigenvalue weighted by atomic mass is 10.0. The average molecular weight is 668 g/mol. The highest BCUT2D eigenvalue weighted by molar-refractivity contribution is 9.10. The van der Waals surface area contributed by atoms with E-state index in [1.165, 1.54) is 11.0 Å². The number of benzene rings is 1. The molecule has 3 N–H and O–H groups in total. The Kier molecular flexibility index (Phi) is 9.71. The summed E-state index contributed by atoms with van der Waals surface area (Å²) in [6.07, 6.45) is 7.71. The van der Waals surface area contributed by atoms with Crippen LogP contribution in [0.25, 0.3) is 0 Å². The van der Waals surface area contributed by atoms with Gasteiger partial charge in [0.15, 0.2) is 0 Å². The predicted octanol–water partition coefficient (Wildman–Crippen LogP) is 3.53. The summed E-state index contributed by atoms with van der Waals surface area (Å²) in [6.45, 7) is 5.53. The number of nitrogens with one attached hydrogen (secondary N) is 3. The third-order valence-corrected chi connectivity index (χ3v) is 10.0. The first-order valence-corrected chi connectivity index (χ1v) is 16.6. The van der Waals surface area contributed by atoms with E-state index in [4.69, 9.17) is 4.74 Å². The smallest absolute Gasteiger partial charge is 0.408 e. The largest absolute Gasteiger partial charge is 0.444 e. The lowest BCUT2D eigenvalue weighted by molar-refractivity contribution is -0.141. The minimum atomic E-state index is -4.23. The molecule has 1 aliphatic carbocycles. The molecule has 13 heteroatoms. The molecule has 0 aromatic heterocycles. The minimum absolute atomic E-state index is 0.0953. The Morgan fingerprint density at radius 3 is 2.55 bits per heavy atom. The van der Waals surface area contributed by atoms with Gasteiger partial charge in [-0.2, -0.15) is 0 Å². The number of ether oxygens (including phenoxy) is 1. The van der Waals surface area contributed by atoms with Gasteiger partial charge in [-0.05, 0) is 87.4 Å². The SMILES string of the molecule is CC(C)(C)OC(=O)N[C@H]1CCCCC/C=C\[C@H]2C[C@@]2(C(=O)NS(=O)(=O)c2ccccc2Br)NC(=O)[C@@H]2CCCN2C1=O. The van der Waals surface area contributed by atoms with Crippen molar-refractivity contribution in [3.05, 3.63) is 40.9 Å². The molecule has 2 fully saturated rings. The number of rotatable bonds is 4. The number of allylic oxidation sites excluding steroid dienone is 1. The van der Waals surface area contributed by atoms with Gasteiger partial charge in [0.25, 0.3) is 15.9 Å². The first-order chi connectivity index (χ1) is 19.7. The Morgan fingerprint density at radius 1 is 1.10 bits per heavy atom. The molecule has 4 rings (SSSR count). The maximum Gasteiger partial charge on any atom is 0.408 e. The standard InChI is InChI=1S/C29H39BrN4O7S/c1-28(2,3)41-27(38)31-21-14-8-6-4-5-7-12-19-18-29(19,32-24(35)22-15-11-17-34(22)25(21)36)26(37)33-42(39,40)23-16-10-9-13-20(23)30/h7,9-10,12-13,16,19,21-22H,4-6,8,11,14-15,17-18H2,1-3H3,(H,31,38)(H,32,35)(H,33,37)/b12-7-/t19-,21-,22-,29+/m0/s1. The van der Waals surface area contributed by atoms with Crippen LogP contribution in [-0.2, 0) is 29.1 Å². The van der Waals surface area contributed by atoms with Gasteiger partial charge in [0.1, 0.15) is 28.1 Å². The van der Waals surface area contributed by atoms with Crippen LogP contribution in [0.1, 0.15) is 72.1 Å². The van der Waals surface area contributed by atoms with Gasteiger partial charge in [-0.1, -0.05) is 37.1 Å². The number of halogens is 1. The normalized spacial score (nSPS) is 27.8. The molecule has 1 saturated heterocycles. The molecule has 1 aromatic rings. The van der Waals surface area contributed by atoms with E-state index in [1.807, 2.05) is 12.2 Å². The summed E-state index contributed by atoms with van der Waals surface area (Å²) in [7, 11) is -4.23. The lowest BCUT2D eigenvalue weighted by Gasteiger charge is -2.30. The second-order valence-corrected chi connectivity index (χ2v) is 14.6. The number of nitrogens with zero attached hydrogens (tertiary/aromatic N) is 1. The number of carbonyl (C=O) groups is 4. The first-order valence-electron chi connectivity index (χ1n) is 14.3. The van der Waals surface area contributed by atoms with Crippen LogP contribution in [0.15, 0.2) is 45.8 Å². The Morgan fingerprint density at radius 2 is 1.83 bits per heavy atom. The van der Waals surface area contributed by atoms with E-state index in [9.17, 15) is 27.6 Å². The van der Waals surface area contributed by atoms with Crippen molar-refractivity contribution in [2.45, 2.75) is 100 Å². The summed E-state index contributed by atoms with van der Waals surface area (Å²) in [6, 6.07) is 4.42. The van der Waals surface area contributed by atoms with Crippen LogP contribution in [0.2, 0.25) is 0 Å². The monoisotopic (exact) mass is 666 g/mol. The Balaban J connectivity index is 1.57. The van der Waals surface area contributed by atoms with Gasteiger partial charge in [-0.15, -0.1) is 0 Å². The zero-order valence-electron chi connectivity index (χ0n) is 24.2. The fourth-order valence-electron chi connectivity index (χ4n) is 5.47. The van der Waals surface area contributed by atoms with E-state index < -0.39 is 57.1 Å². The molecule has 1 saturated carbocycles. The van der Waals surface area contributed by atoms with Crippen LogP contribution < -0.4 is 15.4 Å². The van der Waals surface area contributed by atoms with Crippen molar-refractivity contribution in [3.63, 3.8) is 0 Å². The molecular formula is C29H39BrN4O7S. The van der Waals surface area contributed by atoms with E-state index in [0.717, 1.165) is 12.8 Å². The summed E-state index contributed by atoms with van der Waals surface area (Å²) >= 11 is 3.22. The van der Waals surface area contributed by atoms with Crippen molar-refractivity contribution in [2.24, 2.45) is 5.92 Å². The predicted molar refractivity (Wildman–Crippen MR) is 159 cm³/mol. The maximum atomic E-state index is 13.7. The van der Waals surface area contributed by atoms with E-state index in [1.54, 1.807) is 39.0 Å². The summed E-state index contributed by atoms with van der Waals surface area (Å²) in [5.41, 5.74) is -2.21. The maximum absolute atomic E-state index is 13.7. The summed E-state index contributed by atoms with van der Waals surface area (Å²) in [5.74, 6) is -2.14. The second kappa shape index (κ2) is 12.7. The number of sulfonamides is 1. The third-order valence-electron chi connectivity index (χ3n) is 7.68. The van der Waals surface area contributed by atoms with E-state index in [2.05, 4.69) is 31.3 Å². The van der Waals surface area contributed by atoms with E-state index in [-0.39, 0.29) is 17.2 Å². The number of amides is 4. The van der Waals surface area contributed by atoms with Gasteiger partial charge in [0.2, 0.25) is 11.8 Å². The number of fused-ring (bicyclic) bond motifs is 2. The molecule has 2 aliphatic heterocycles. The van der Waals surface area contributed by atoms with Gasteiger partial charge in [0.05, 0.1) is 0 Å². The topological polar surface area (TPSA) is 151 Å². The van der Waals surface area contributed by atoms with Crippen molar-refractivity contribution >= 4 is 49.8 Å². The van der Waals surface area contributed by atoms with Gasteiger partial charge >= 0.3 is 6.09 Å². The molecule has 0 spiro atoms. The van der Waals surface area contributed by atoms with Crippen LogP contribution in [0, 0.1) is 5.92 Å². The minimum Gasteiger partial charge on any atom is -0.444 e. The van der Waals surface area contributed by atoms with Crippen LogP contribution in [0.4, 0.5) is 4.79 Å². The van der Waals surface area contributed by atoms with Crippen molar-refractivity contribution in [1.29, 1.82) is 0 Å². The summed E-state index contributed by atoms with van der Waals surface area (Å²) in [5, 5.41) is 5.52. The quantitative estimate of drug-likeness (QED) is 0.416. The molecule has 4 amide bonds. The van der Waals surface area contributed by atoms with E-state index in [0.29, 0.717) is 43.1 Å². The highest BCUT2D eigenvalue weighted by atomic mass is 79.9. The number of hydrogen-bond acceptors (Lipinski definition) is 7. The number of alkyl carbamates (subject to hydrolysis) is 1. The third kappa shape index (κ3) is 7.52. The fraction of sp³-hybridized carbons (Fsp3) is 0.586. The molecule has 230 valence electrons. The molecule has 1 aromatic carbocycles. The average Bonchev–Trinajstić information content (AvgIpc) is 3.35. The van der Waals surface area contributed by atoms with Crippen molar-refractivity contribution in [1.82, 2.24) is 20.3 Å². The zero-order chi connectivity index (χ0) is 30.7. The molecule has 3 aliphatic rings. The molecule has 11 nitrogen and oxygen atoms in total. The molecular weight excluding hydrogens is 628 g/mol. The van der Waals surface area contributed by atoms with Crippen molar-refractivity contribution in [3.8, 4) is 0 Å². The Labute approximate surface area is 255 Å². The number of hydrogen-bond donors (Lipinski definition) is 3. The Hall–Kier alpha value is -2.93. The van der Waals surface area contributed by atoms with Crippen LogP contribution in [0.3, 0.4) is 0 Å². The highest BCUT2D eigenvalue weighted by Crippen LogP contribution is 2.46. The lowest BCUT2D eigenvalue weighted by Crippen LogP contribution is -2.58. The summed E-state index contributed by atoms with van der Waals surface area (Å²) < 4.78 is 34.0. The summed E-state index contributed by atoms with van der Waals surface area (Å²) in [4.78, 5) is 54.8. The molecule has 0 radical (unpaired) electrons. The van der Waals surface area contributed by atoms with Gasteiger partial charge in [0, 0.05) is 16.9 Å². The fourth-order valence-corrected chi connectivity index (χ4v) is 7.52. The van der Waals surface area contributed by atoms with Crippen molar-refractivity contribution in [2.75, 3.05) is 6.54 Å². The van der Waals surface area contributed by atoms with Gasteiger partial charge < -0.3 is 20.3 Å². The highest BCUT2D eigenvalue weighted by Gasteiger charge is 2.61. The first kappa shape index (κ1) is 32.0.